The molecule has 8 unspecified atom stereocenters. The fourth-order valence-electron chi connectivity index (χ4n) is 8.02. The summed E-state index contributed by atoms with van der Waals surface area (Å²) in [6.07, 6.45) is 15.9. The second kappa shape index (κ2) is 7.26. The van der Waals surface area contributed by atoms with Crippen LogP contribution in [-0.2, 0) is 0 Å². The van der Waals surface area contributed by atoms with Gasteiger partial charge in [-0.2, -0.15) is 0 Å². The lowest BCUT2D eigenvalue weighted by Gasteiger charge is -2.54. The van der Waals surface area contributed by atoms with Crippen molar-refractivity contribution in [2.24, 2.45) is 46.8 Å². The first-order valence-corrected chi connectivity index (χ1v) is 11.8. The molecule has 26 heavy (non-hydrogen) atoms. The zero-order valence-electron chi connectivity index (χ0n) is 17.7. The van der Waals surface area contributed by atoms with Crippen LogP contribution in [0.3, 0.4) is 0 Å². The molecule has 0 bridgehead atoms. The third-order valence-corrected chi connectivity index (χ3v) is 9.38. The molecule has 3 saturated carbocycles. The van der Waals surface area contributed by atoms with Crippen LogP contribution in [0.15, 0.2) is 11.6 Å². The molecule has 3 fully saturated rings. The van der Waals surface area contributed by atoms with Crippen LogP contribution in [0, 0.1) is 46.8 Å². The second-order valence-electron chi connectivity index (χ2n) is 11.2. The lowest BCUT2D eigenvalue weighted by Crippen LogP contribution is -2.47. The van der Waals surface area contributed by atoms with Crippen molar-refractivity contribution in [1.82, 2.24) is 0 Å². The van der Waals surface area contributed by atoms with Gasteiger partial charge in [0.2, 0.25) is 0 Å². The van der Waals surface area contributed by atoms with Crippen LogP contribution in [0.25, 0.3) is 0 Å². The number of rotatable bonds is 4. The molecule has 148 valence electrons. The van der Waals surface area contributed by atoms with Gasteiger partial charge >= 0.3 is 0 Å². The Bertz CT molecular complexity index is 534. The van der Waals surface area contributed by atoms with Crippen molar-refractivity contribution >= 4 is 0 Å². The monoisotopic (exact) mass is 358 g/mol. The van der Waals surface area contributed by atoms with Crippen LogP contribution in [0.2, 0.25) is 0 Å². The summed E-state index contributed by atoms with van der Waals surface area (Å²) in [5.41, 5.74) is 2.24. The van der Waals surface area contributed by atoms with E-state index in [9.17, 15) is 5.11 Å². The molecule has 1 heteroatoms. The van der Waals surface area contributed by atoms with Gasteiger partial charge in [0.25, 0.3) is 0 Å². The molecule has 0 aromatic carbocycles. The maximum absolute atomic E-state index is 10.1. The van der Waals surface area contributed by atoms with Gasteiger partial charge in [-0.05, 0) is 98.2 Å². The fraction of sp³-hybridized carbons (Fsp3) is 0.920. The summed E-state index contributed by atoms with van der Waals surface area (Å²) in [6, 6.07) is 0. The number of hydrogen-bond acceptors (Lipinski definition) is 1. The maximum Gasteiger partial charge on any atom is 0.0577 e. The number of allylic oxidation sites excluding steroid dienone is 1. The smallest absolute Gasteiger partial charge is 0.0577 e. The van der Waals surface area contributed by atoms with Gasteiger partial charge in [-0.15, -0.1) is 0 Å². The van der Waals surface area contributed by atoms with Crippen LogP contribution < -0.4 is 0 Å². The van der Waals surface area contributed by atoms with E-state index in [-0.39, 0.29) is 6.10 Å². The van der Waals surface area contributed by atoms with Gasteiger partial charge in [0.1, 0.15) is 0 Å². The van der Waals surface area contributed by atoms with Crippen LogP contribution in [0.5, 0.6) is 0 Å². The highest BCUT2D eigenvalue weighted by molar-refractivity contribution is 5.20. The normalized spacial score (nSPS) is 46.3. The number of fused-ring (bicyclic) bond motifs is 5. The standard InChI is InChI=1S/C25H42O/c1-16(2)5-6-17(3)23-11-12-24-22-9-7-18-15-19(26)8-10-20(18)21(22)13-14-25(23,24)4/h7,16-17,19-24,26H,5-6,8-15H2,1-4H3. The molecule has 4 aliphatic rings. The van der Waals surface area contributed by atoms with Crippen LogP contribution in [0.4, 0.5) is 0 Å². The Labute approximate surface area is 162 Å². The Morgan fingerprint density at radius 1 is 1.04 bits per heavy atom. The zero-order chi connectivity index (χ0) is 18.5. The van der Waals surface area contributed by atoms with E-state index in [4.69, 9.17) is 0 Å². The summed E-state index contributed by atoms with van der Waals surface area (Å²) in [4.78, 5) is 0. The van der Waals surface area contributed by atoms with Gasteiger partial charge in [0.15, 0.2) is 0 Å². The van der Waals surface area contributed by atoms with Crippen LogP contribution in [0.1, 0.15) is 91.9 Å². The van der Waals surface area contributed by atoms with Crippen molar-refractivity contribution in [1.29, 1.82) is 0 Å². The molecule has 0 saturated heterocycles. The number of aliphatic hydroxyl groups excluding tert-OH is 1. The quantitative estimate of drug-likeness (QED) is 0.561. The van der Waals surface area contributed by atoms with Gasteiger partial charge in [0, 0.05) is 0 Å². The molecule has 0 spiro atoms. The van der Waals surface area contributed by atoms with E-state index in [0.717, 1.165) is 54.3 Å². The lowest BCUT2D eigenvalue weighted by atomic mass is 9.51. The second-order valence-corrected chi connectivity index (χ2v) is 11.2. The predicted molar refractivity (Wildman–Crippen MR) is 110 cm³/mol. The van der Waals surface area contributed by atoms with Gasteiger partial charge < -0.3 is 5.11 Å². The summed E-state index contributed by atoms with van der Waals surface area (Å²) in [5, 5.41) is 10.1. The fourth-order valence-corrected chi connectivity index (χ4v) is 8.02. The SMILES string of the molecule is CC(C)CCC(C)C1CCC2C3CC=C4CC(O)CCC4C3CCC12C. The highest BCUT2D eigenvalue weighted by Crippen LogP contribution is 2.64. The van der Waals surface area contributed by atoms with E-state index >= 15 is 0 Å². The summed E-state index contributed by atoms with van der Waals surface area (Å²) in [7, 11) is 0. The molecule has 0 heterocycles. The largest absolute Gasteiger partial charge is 0.393 e. The molecule has 0 aromatic heterocycles. The topological polar surface area (TPSA) is 20.2 Å². The molecular weight excluding hydrogens is 316 g/mol. The Morgan fingerprint density at radius 2 is 1.85 bits per heavy atom. The predicted octanol–water partition coefficient (Wildman–Crippen LogP) is 6.61. The molecule has 0 amide bonds. The number of aliphatic hydroxyl groups is 1. The van der Waals surface area contributed by atoms with Crippen LogP contribution in [-0.4, -0.2) is 11.2 Å². The molecule has 1 nitrogen and oxygen atoms in total. The van der Waals surface area contributed by atoms with E-state index < -0.39 is 0 Å². The Kier molecular flexibility index (Phi) is 5.32. The first kappa shape index (κ1) is 19.0. The van der Waals surface area contributed by atoms with Crippen molar-refractivity contribution in [2.45, 2.75) is 98.0 Å². The van der Waals surface area contributed by atoms with E-state index in [1.54, 1.807) is 5.57 Å². The first-order valence-electron chi connectivity index (χ1n) is 11.8. The average molecular weight is 359 g/mol. The minimum Gasteiger partial charge on any atom is -0.393 e. The molecule has 8 atom stereocenters. The van der Waals surface area contributed by atoms with Gasteiger partial charge in [-0.1, -0.05) is 52.2 Å². The molecule has 1 N–H and O–H groups in total. The Balaban J connectivity index is 1.49. The summed E-state index contributed by atoms with van der Waals surface area (Å²) < 4.78 is 0. The third kappa shape index (κ3) is 3.21. The first-order chi connectivity index (χ1) is 12.4. The van der Waals surface area contributed by atoms with Crippen molar-refractivity contribution < 1.29 is 5.11 Å². The van der Waals surface area contributed by atoms with Crippen molar-refractivity contribution in [3.63, 3.8) is 0 Å². The summed E-state index contributed by atoms with van der Waals surface area (Å²) in [6.45, 7) is 10.0. The highest BCUT2D eigenvalue weighted by atomic mass is 16.3. The number of hydrogen-bond donors (Lipinski definition) is 1. The van der Waals surface area contributed by atoms with Crippen molar-refractivity contribution in [3.05, 3.63) is 11.6 Å². The van der Waals surface area contributed by atoms with E-state index in [1.807, 2.05) is 0 Å². The van der Waals surface area contributed by atoms with E-state index in [0.29, 0.717) is 5.41 Å². The molecule has 4 aliphatic carbocycles. The summed E-state index contributed by atoms with van der Waals surface area (Å²) in [5.74, 6) is 6.39. The van der Waals surface area contributed by atoms with Crippen molar-refractivity contribution in [2.75, 3.05) is 0 Å². The highest BCUT2D eigenvalue weighted by Gasteiger charge is 2.56. The Hall–Kier alpha value is -0.300. The molecular formula is C25H42O. The summed E-state index contributed by atoms with van der Waals surface area (Å²) >= 11 is 0. The third-order valence-electron chi connectivity index (χ3n) is 9.38. The van der Waals surface area contributed by atoms with Gasteiger partial charge in [-0.25, -0.2) is 0 Å². The zero-order valence-corrected chi connectivity index (χ0v) is 17.7. The molecule has 0 radical (unpaired) electrons. The molecule has 0 aliphatic heterocycles. The lowest BCUT2D eigenvalue weighted by molar-refractivity contribution is -0.0296. The average Bonchev–Trinajstić information content (AvgIpc) is 2.96. The van der Waals surface area contributed by atoms with E-state index in [2.05, 4.69) is 33.8 Å². The maximum atomic E-state index is 10.1. The molecule has 0 aromatic rings. The van der Waals surface area contributed by atoms with E-state index in [1.165, 1.54) is 51.4 Å². The Morgan fingerprint density at radius 3 is 2.62 bits per heavy atom. The van der Waals surface area contributed by atoms with Crippen molar-refractivity contribution in [3.8, 4) is 0 Å². The minimum absolute atomic E-state index is 0.0550. The van der Waals surface area contributed by atoms with Gasteiger partial charge in [-0.3, -0.25) is 0 Å². The van der Waals surface area contributed by atoms with Gasteiger partial charge in [0.05, 0.1) is 6.10 Å². The van der Waals surface area contributed by atoms with Crippen LogP contribution >= 0.6 is 0 Å². The minimum atomic E-state index is -0.0550. The molecule has 4 rings (SSSR count).